The zero-order valence-corrected chi connectivity index (χ0v) is 19.5. The predicted molar refractivity (Wildman–Crippen MR) is 129 cm³/mol. The van der Waals surface area contributed by atoms with Gasteiger partial charge in [-0.25, -0.2) is 9.78 Å². The maximum Gasteiger partial charge on any atom is 0.490 e. The van der Waals surface area contributed by atoms with Crippen LogP contribution < -0.4 is 21.8 Å². The van der Waals surface area contributed by atoms with E-state index in [-0.39, 0.29) is 27.2 Å². The lowest BCUT2D eigenvalue weighted by atomic mass is 9.90. The van der Waals surface area contributed by atoms with Gasteiger partial charge in [-0.1, -0.05) is 57.2 Å². The number of hydrogen-bond donors (Lipinski definition) is 4. The van der Waals surface area contributed by atoms with E-state index in [1.165, 1.54) is 0 Å². The largest absolute Gasteiger partial charge is 0.490 e. The third-order valence-electron chi connectivity index (χ3n) is 5.01. The van der Waals surface area contributed by atoms with Crippen molar-refractivity contribution in [1.29, 1.82) is 0 Å². The van der Waals surface area contributed by atoms with E-state index in [1.807, 2.05) is 63.2 Å². The molecule has 0 aliphatic heterocycles. The minimum Gasteiger partial charge on any atom is -0.475 e. The maximum atomic E-state index is 12.6. The SMILES string of the molecule is CC(C)(C)c1[nH]cnc1/C=c1\[nH]c(=O)/c(=C/c2ccc3ccccc3c2)[nH]c1=O.O=C(O)C(F)(F)F. The molecule has 2 heterocycles. The van der Waals surface area contributed by atoms with Crippen molar-refractivity contribution in [3.63, 3.8) is 0 Å². The van der Waals surface area contributed by atoms with Crippen LogP contribution in [0.15, 0.2) is 58.4 Å². The number of aromatic nitrogens is 4. The first-order valence-electron chi connectivity index (χ1n) is 10.6. The number of hydrogen-bond acceptors (Lipinski definition) is 4. The number of carboxylic acid groups (broad SMARTS) is 1. The topological polar surface area (TPSA) is 132 Å². The molecule has 188 valence electrons. The zero-order valence-electron chi connectivity index (χ0n) is 19.5. The smallest absolute Gasteiger partial charge is 0.475 e. The highest BCUT2D eigenvalue weighted by molar-refractivity contribution is 5.84. The second-order valence-electron chi connectivity index (χ2n) is 8.85. The van der Waals surface area contributed by atoms with Gasteiger partial charge in [-0.2, -0.15) is 13.2 Å². The fourth-order valence-corrected chi connectivity index (χ4v) is 3.31. The van der Waals surface area contributed by atoms with E-state index in [4.69, 9.17) is 9.90 Å². The number of imidazole rings is 1. The Labute approximate surface area is 201 Å². The minimum atomic E-state index is -5.08. The molecular weight excluding hydrogens is 477 g/mol. The summed E-state index contributed by atoms with van der Waals surface area (Å²) in [7, 11) is 0. The highest BCUT2D eigenvalue weighted by atomic mass is 19.4. The van der Waals surface area contributed by atoms with Crippen molar-refractivity contribution < 1.29 is 23.1 Å². The summed E-state index contributed by atoms with van der Waals surface area (Å²) in [5, 5.41) is 9.69. The number of nitrogens with zero attached hydrogens (tertiary/aromatic N) is 1. The molecule has 11 heteroatoms. The second-order valence-corrected chi connectivity index (χ2v) is 8.85. The van der Waals surface area contributed by atoms with Gasteiger partial charge < -0.3 is 20.1 Å². The van der Waals surface area contributed by atoms with Crippen LogP contribution >= 0.6 is 0 Å². The molecule has 8 nitrogen and oxygen atoms in total. The van der Waals surface area contributed by atoms with Gasteiger partial charge in [-0.3, -0.25) is 9.59 Å². The van der Waals surface area contributed by atoms with Crippen molar-refractivity contribution in [3.8, 4) is 0 Å². The Hall–Kier alpha value is -4.41. The van der Waals surface area contributed by atoms with Crippen LogP contribution in [0.1, 0.15) is 37.7 Å². The number of H-pyrrole nitrogens is 3. The molecule has 2 aromatic heterocycles. The molecule has 0 amide bonds. The van der Waals surface area contributed by atoms with Crippen LogP contribution in [-0.2, 0) is 10.2 Å². The molecule has 36 heavy (non-hydrogen) atoms. The fraction of sp³-hybridized carbons (Fsp3) is 0.200. The van der Waals surface area contributed by atoms with Crippen molar-refractivity contribution >= 4 is 28.9 Å². The number of fused-ring (bicyclic) bond motifs is 1. The molecule has 0 saturated carbocycles. The Balaban J connectivity index is 0.000000454. The van der Waals surface area contributed by atoms with Gasteiger partial charge >= 0.3 is 12.1 Å². The number of benzene rings is 2. The number of rotatable bonds is 2. The van der Waals surface area contributed by atoms with E-state index < -0.39 is 12.1 Å². The highest BCUT2D eigenvalue weighted by Gasteiger charge is 2.38. The first-order valence-corrected chi connectivity index (χ1v) is 10.6. The maximum absolute atomic E-state index is 12.6. The van der Waals surface area contributed by atoms with Crippen LogP contribution in [0, 0.1) is 0 Å². The quantitative estimate of drug-likeness (QED) is 0.336. The molecule has 0 fully saturated rings. The van der Waals surface area contributed by atoms with E-state index in [0.29, 0.717) is 5.69 Å². The lowest BCUT2D eigenvalue weighted by molar-refractivity contribution is -0.192. The van der Waals surface area contributed by atoms with Gasteiger partial charge in [0.25, 0.3) is 11.1 Å². The number of carboxylic acids is 1. The van der Waals surface area contributed by atoms with Gasteiger partial charge in [-0.05, 0) is 34.6 Å². The first-order chi connectivity index (χ1) is 16.8. The van der Waals surface area contributed by atoms with Crippen molar-refractivity contribution in [1.82, 2.24) is 19.9 Å². The van der Waals surface area contributed by atoms with Crippen molar-refractivity contribution in [2.75, 3.05) is 0 Å². The predicted octanol–water partition coefficient (Wildman–Crippen LogP) is 2.53. The summed E-state index contributed by atoms with van der Waals surface area (Å²) in [6.45, 7) is 6.14. The lowest BCUT2D eigenvalue weighted by Gasteiger charge is -2.16. The summed E-state index contributed by atoms with van der Waals surface area (Å²) in [5.41, 5.74) is 1.45. The van der Waals surface area contributed by atoms with E-state index in [2.05, 4.69) is 19.9 Å². The van der Waals surface area contributed by atoms with E-state index >= 15 is 0 Å². The Morgan fingerprint density at radius 2 is 1.47 bits per heavy atom. The summed E-state index contributed by atoms with van der Waals surface area (Å²) in [6.07, 6.45) is -0.233. The first kappa shape index (κ1) is 26.2. The molecule has 0 spiro atoms. The average molecular weight is 500 g/mol. The highest BCUT2D eigenvalue weighted by Crippen LogP contribution is 2.22. The van der Waals surface area contributed by atoms with Gasteiger partial charge in [0.2, 0.25) is 0 Å². The van der Waals surface area contributed by atoms with Gasteiger partial charge in [0.15, 0.2) is 0 Å². The van der Waals surface area contributed by atoms with Gasteiger partial charge in [0.1, 0.15) is 10.7 Å². The van der Waals surface area contributed by atoms with Crippen molar-refractivity contribution in [2.24, 2.45) is 0 Å². The van der Waals surface area contributed by atoms with Crippen LogP contribution in [0.3, 0.4) is 0 Å². The molecule has 0 unspecified atom stereocenters. The van der Waals surface area contributed by atoms with Crippen molar-refractivity contribution in [2.45, 2.75) is 32.4 Å². The fourth-order valence-electron chi connectivity index (χ4n) is 3.31. The zero-order chi connectivity index (χ0) is 26.7. The standard InChI is InChI=1S/C23H22N4O2.C2HF3O2/c1-23(2,3)20-17(24-13-25-20)12-19-22(29)26-18(21(28)27-19)11-14-8-9-15-6-4-5-7-16(15)10-14;3-2(4,5)1(6)7/h4-13H,1-3H3,(H,24,25)(H,26,29)(H,27,28);(H,6,7)/b18-11-,19-12-;. The summed E-state index contributed by atoms with van der Waals surface area (Å²) >= 11 is 0. The molecule has 0 aliphatic rings. The molecule has 0 bridgehead atoms. The molecule has 4 N–H and O–H groups in total. The Morgan fingerprint density at radius 3 is 2.03 bits per heavy atom. The molecule has 0 radical (unpaired) electrons. The number of halogens is 3. The number of aliphatic carboxylic acids is 1. The van der Waals surface area contributed by atoms with Crippen LogP contribution in [0.4, 0.5) is 13.2 Å². The average Bonchev–Trinajstić information content (AvgIpc) is 3.26. The van der Waals surface area contributed by atoms with Gasteiger partial charge in [0.05, 0.1) is 12.0 Å². The second kappa shape index (κ2) is 10.1. The molecular formula is C25H23F3N4O4. The minimum absolute atomic E-state index is 0.167. The third-order valence-corrected chi connectivity index (χ3v) is 5.01. The molecule has 0 atom stereocenters. The Bertz CT molecular complexity index is 1640. The summed E-state index contributed by atoms with van der Waals surface area (Å²) in [4.78, 5) is 46.8. The lowest BCUT2D eigenvalue weighted by Crippen LogP contribution is -2.46. The third kappa shape index (κ3) is 6.38. The van der Waals surface area contributed by atoms with Gasteiger partial charge in [0, 0.05) is 11.1 Å². The van der Waals surface area contributed by atoms with E-state index in [0.717, 1.165) is 22.0 Å². The summed E-state index contributed by atoms with van der Waals surface area (Å²) in [5.74, 6) is -2.76. The summed E-state index contributed by atoms with van der Waals surface area (Å²) in [6, 6.07) is 13.9. The number of carbonyl (C=O) groups is 1. The monoisotopic (exact) mass is 500 g/mol. The van der Waals surface area contributed by atoms with E-state index in [1.54, 1.807) is 18.5 Å². The number of alkyl halides is 3. The van der Waals surface area contributed by atoms with Crippen LogP contribution in [0.2, 0.25) is 0 Å². The molecule has 4 aromatic rings. The van der Waals surface area contributed by atoms with Gasteiger partial charge in [-0.15, -0.1) is 0 Å². The van der Waals surface area contributed by atoms with Crippen molar-refractivity contribution in [3.05, 3.63) is 97.1 Å². The molecule has 0 saturated heterocycles. The Morgan fingerprint density at radius 1 is 0.917 bits per heavy atom. The normalized spacial score (nSPS) is 12.9. The van der Waals surface area contributed by atoms with E-state index in [9.17, 15) is 22.8 Å². The molecule has 2 aromatic carbocycles. The molecule has 4 rings (SSSR count). The summed E-state index contributed by atoms with van der Waals surface area (Å²) < 4.78 is 31.7. The van der Waals surface area contributed by atoms with Crippen LogP contribution in [0.5, 0.6) is 0 Å². The number of aromatic amines is 3. The molecule has 0 aliphatic carbocycles. The van der Waals surface area contributed by atoms with Crippen LogP contribution in [-0.4, -0.2) is 37.2 Å². The number of nitrogens with one attached hydrogen (secondary N) is 3. The van der Waals surface area contributed by atoms with Crippen LogP contribution in [0.25, 0.3) is 22.9 Å². The Kier molecular flexibility index (Phi) is 7.32.